The third kappa shape index (κ3) is 2.51. The molecule has 1 aromatic heterocycles. The molecule has 0 radical (unpaired) electrons. The van der Waals surface area contributed by atoms with Crippen LogP contribution in [0, 0.1) is 0 Å². The molecule has 1 aromatic rings. The predicted octanol–water partition coefficient (Wildman–Crippen LogP) is 0.891. The molecule has 0 atom stereocenters. The topological polar surface area (TPSA) is 93.5 Å². The van der Waals surface area contributed by atoms with E-state index in [1.54, 1.807) is 4.68 Å². The Morgan fingerprint density at radius 2 is 2.17 bits per heavy atom. The minimum atomic E-state index is -1.10. The fourth-order valence-electron chi connectivity index (χ4n) is 2.02. The summed E-state index contributed by atoms with van der Waals surface area (Å²) >= 11 is 0. The molecule has 2 N–H and O–H groups in total. The molecule has 0 aliphatic carbocycles. The van der Waals surface area contributed by atoms with Crippen LogP contribution in [0.4, 0.5) is 5.82 Å². The van der Waals surface area contributed by atoms with E-state index in [2.05, 4.69) is 10.4 Å². The van der Waals surface area contributed by atoms with Gasteiger partial charge in [0.1, 0.15) is 11.4 Å². The summed E-state index contributed by atoms with van der Waals surface area (Å²) < 4.78 is 6.83. The number of hydrogen-bond acceptors (Lipinski definition) is 4. The van der Waals surface area contributed by atoms with Crippen LogP contribution in [0.2, 0.25) is 0 Å². The van der Waals surface area contributed by atoms with Gasteiger partial charge in [0, 0.05) is 20.1 Å². The molecule has 0 bridgehead atoms. The third-order valence-corrected chi connectivity index (χ3v) is 2.86. The first-order valence-electron chi connectivity index (χ1n) is 5.75. The van der Waals surface area contributed by atoms with E-state index in [0.717, 1.165) is 12.8 Å². The van der Waals surface area contributed by atoms with Gasteiger partial charge in [-0.1, -0.05) is 0 Å². The van der Waals surface area contributed by atoms with Gasteiger partial charge in [-0.25, -0.2) is 9.48 Å². The highest BCUT2D eigenvalue weighted by Crippen LogP contribution is 2.26. The van der Waals surface area contributed by atoms with E-state index in [4.69, 9.17) is 9.84 Å². The summed E-state index contributed by atoms with van der Waals surface area (Å²) in [5.41, 5.74) is 0.0108. The first-order valence-corrected chi connectivity index (χ1v) is 5.75. The van der Waals surface area contributed by atoms with Crippen molar-refractivity contribution in [1.29, 1.82) is 0 Å². The second kappa shape index (κ2) is 5.18. The Kier molecular flexibility index (Phi) is 3.61. The van der Waals surface area contributed by atoms with Crippen LogP contribution < -0.4 is 5.32 Å². The highest BCUT2D eigenvalue weighted by Gasteiger charge is 2.24. The van der Waals surface area contributed by atoms with Crippen molar-refractivity contribution in [3.8, 4) is 0 Å². The van der Waals surface area contributed by atoms with Gasteiger partial charge in [-0.3, -0.25) is 4.79 Å². The fraction of sp³-hybridized carbons (Fsp3) is 0.545. The molecule has 0 saturated carbocycles. The van der Waals surface area contributed by atoms with E-state index in [1.165, 1.54) is 13.1 Å². The van der Waals surface area contributed by atoms with Crippen LogP contribution in [0.25, 0.3) is 0 Å². The van der Waals surface area contributed by atoms with E-state index in [1.807, 2.05) is 0 Å². The maximum absolute atomic E-state index is 11.2. The summed E-state index contributed by atoms with van der Waals surface area (Å²) in [7, 11) is 0. The van der Waals surface area contributed by atoms with Crippen molar-refractivity contribution in [2.45, 2.75) is 25.8 Å². The zero-order valence-electron chi connectivity index (χ0n) is 10.0. The van der Waals surface area contributed by atoms with E-state index >= 15 is 0 Å². The van der Waals surface area contributed by atoms with Crippen molar-refractivity contribution in [2.24, 2.45) is 0 Å². The zero-order chi connectivity index (χ0) is 13.1. The molecule has 1 saturated heterocycles. The normalized spacial score (nSPS) is 16.5. The fourth-order valence-corrected chi connectivity index (χ4v) is 2.02. The van der Waals surface area contributed by atoms with Gasteiger partial charge < -0.3 is 15.2 Å². The van der Waals surface area contributed by atoms with Crippen LogP contribution in [-0.4, -0.2) is 40.0 Å². The van der Waals surface area contributed by atoms with Crippen molar-refractivity contribution in [1.82, 2.24) is 9.78 Å². The Morgan fingerprint density at radius 3 is 2.72 bits per heavy atom. The van der Waals surface area contributed by atoms with Crippen LogP contribution >= 0.6 is 0 Å². The summed E-state index contributed by atoms with van der Waals surface area (Å²) in [4.78, 5) is 22.2. The molecule has 1 amide bonds. The van der Waals surface area contributed by atoms with Gasteiger partial charge in [0.05, 0.1) is 12.2 Å². The molecule has 0 spiro atoms. The van der Waals surface area contributed by atoms with Crippen LogP contribution in [0.15, 0.2) is 6.20 Å². The Hall–Kier alpha value is -1.89. The molecule has 1 aliphatic heterocycles. The van der Waals surface area contributed by atoms with E-state index < -0.39 is 5.97 Å². The lowest BCUT2D eigenvalue weighted by atomic mass is 10.1. The number of carboxylic acid groups (broad SMARTS) is 1. The third-order valence-electron chi connectivity index (χ3n) is 2.86. The number of amides is 1. The summed E-state index contributed by atoms with van der Waals surface area (Å²) in [5, 5.41) is 15.7. The largest absolute Gasteiger partial charge is 0.477 e. The lowest BCUT2D eigenvalue weighted by molar-refractivity contribution is -0.114. The van der Waals surface area contributed by atoms with Crippen molar-refractivity contribution < 1.29 is 19.4 Å². The Morgan fingerprint density at radius 1 is 1.50 bits per heavy atom. The number of nitrogens with zero attached hydrogens (tertiary/aromatic N) is 2. The number of hydrogen-bond donors (Lipinski definition) is 2. The maximum atomic E-state index is 11.2. The maximum Gasteiger partial charge on any atom is 0.341 e. The van der Waals surface area contributed by atoms with Crippen LogP contribution in [0.3, 0.4) is 0 Å². The number of ether oxygens (including phenoxy) is 1. The van der Waals surface area contributed by atoms with Crippen molar-refractivity contribution >= 4 is 17.7 Å². The number of carbonyl (C=O) groups excluding carboxylic acids is 1. The highest BCUT2D eigenvalue weighted by molar-refractivity contribution is 5.98. The van der Waals surface area contributed by atoms with E-state index in [-0.39, 0.29) is 23.3 Å². The second-order valence-electron chi connectivity index (χ2n) is 4.18. The molecule has 7 nitrogen and oxygen atoms in total. The van der Waals surface area contributed by atoms with Crippen LogP contribution in [0.1, 0.15) is 36.2 Å². The second-order valence-corrected chi connectivity index (χ2v) is 4.18. The summed E-state index contributed by atoms with van der Waals surface area (Å²) in [6, 6.07) is 0.0636. The molecule has 98 valence electrons. The molecule has 1 fully saturated rings. The Bertz CT molecular complexity index is 463. The number of carbonyl (C=O) groups is 2. The number of aromatic nitrogens is 2. The quantitative estimate of drug-likeness (QED) is 0.834. The standard InChI is InChI=1S/C11H15N3O4/c1-7(15)13-10-9(11(16)17)6-12-14(10)8-2-4-18-5-3-8/h6,8H,2-5H2,1H3,(H,13,15)(H,16,17). The first-order chi connectivity index (χ1) is 8.59. The molecule has 7 heteroatoms. The Labute approximate surface area is 104 Å². The zero-order valence-corrected chi connectivity index (χ0v) is 10.0. The van der Waals surface area contributed by atoms with Crippen LogP contribution in [0.5, 0.6) is 0 Å². The monoisotopic (exact) mass is 253 g/mol. The van der Waals surface area contributed by atoms with Crippen molar-refractivity contribution in [3.63, 3.8) is 0 Å². The van der Waals surface area contributed by atoms with Gasteiger partial charge in [-0.2, -0.15) is 5.10 Å². The van der Waals surface area contributed by atoms with Gasteiger partial charge >= 0.3 is 5.97 Å². The first kappa shape index (κ1) is 12.6. The molecule has 0 aromatic carbocycles. The smallest absolute Gasteiger partial charge is 0.341 e. The summed E-state index contributed by atoms with van der Waals surface area (Å²) in [6.45, 7) is 2.58. The van der Waals surface area contributed by atoms with Crippen LogP contribution in [-0.2, 0) is 9.53 Å². The number of aromatic carboxylic acids is 1. The molecule has 0 unspecified atom stereocenters. The molecule has 18 heavy (non-hydrogen) atoms. The number of rotatable bonds is 3. The predicted molar refractivity (Wildman–Crippen MR) is 62.6 cm³/mol. The van der Waals surface area contributed by atoms with Gasteiger partial charge in [0.25, 0.3) is 0 Å². The summed E-state index contributed by atoms with van der Waals surface area (Å²) in [5.74, 6) is -1.16. The Balaban J connectivity index is 2.33. The lowest BCUT2D eigenvalue weighted by Gasteiger charge is -2.24. The average molecular weight is 253 g/mol. The molecular weight excluding hydrogens is 238 g/mol. The highest BCUT2D eigenvalue weighted by atomic mass is 16.5. The van der Waals surface area contributed by atoms with Crippen molar-refractivity contribution in [2.75, 3.05) is 18.5 Å². The SMILES string of the molecule is CC(=O)Nc1c(C(=O)O)cnn1C1CCOCC1. The molecule has 1 aliphatic rings. The number of carboxylic acids is 1. The molecule has 2 heterocycles. The van der Waals surface area contributed by atoms with Gasteiger partial charge in [-0.15, -0.1) is 0 Å². The number of nitrogens with one attached hydrogen (secondary N) is 1. The molecule has 2 rings (SSSR count). The van der Waals surface area contributed by atoms with Gasteiger partial charge in [0.2, 0.25) is 5.91 Å². The summed E-state index contributed by atoms with van der Waals surface area (Å²) in [6.07, 6.45) is 2.78. The van der Waals surface area contributed by atoms with E-state index in [0.29, 0.717) is 13.2 Å². The minimum Gasteiger partial charge on any atom is -0.477 e. The van der Waals surface area contributed by atoms with Gasteiger partial charge in [0.15, 0.2) is 0 Å². The van der Waals surface area contributed by atoms with Crippen molar-refractivity contribution in [3.05, 3.63) is 11.8 Å². The minimum absolute atomic E-state index is 0.0108. The van der Waals surface area contributed by atoms with E-state index in [9.17, 15) is 9.59 Å². The van der Waals surface area contributed by atoms with Gasteiger partial charge in [-0.05, 0) is 12.8 Å². The number of anilines is 1. The average Bonchev–Trinajstić information content (AvgIpc) is 2.73. The molecular formula is C11H15N3O4. The lowest BCUT2D eigenvalue weighted by Crippen LogP contribution is -2.23.